The zero-order valence-corrected chi connectivity index (χ0v) is 12.1. The second-order valence-corrected chi connectivity index (χ2v) is 4.31. The van der Waals surface area contributed by atoms with Crippen LogP contribution in [0.2, 0.25) is 0 Å². The predicted octanol–water partition coefficient (Wildman–Crippen LogP) is 1.17. The molecular formula is C13H29N3O. The number of likely N-dealkylation sites (N-methyl/N-ethyl adjacent to an activating group) is 2. The predicted molar refractivity (Wildman–Crippen MR) is 73.2 cm³/mol. The Morgan fingerprint density at radius 1 is 1.12 bits per heavy atom. The van der Waals surface area contributed by atoms with Crippen LogP contribution in [0.5, 0.6) is 0 Å². The Morgan fingerprint density at radius 2 is 1.71 bits per heavy atom. The molecule has 4 nitrogen and oxygen atoms in total. The van der Waals surface area contributed by atoms with Crippen LogP contribution in [0.4, 0.5) is 0 Å². The molecule has 0 aromatic carbocycles. The fraction of sp³-hybridized carbons (Fsp3) is 0.923. The van der Waals surface area contributed by atoms with E-state index in [0.717, 1.165) is 39.1 Å². The van der Waals surface area contributed by atoms with Crippen molar-refractivity contribution in [1.82, 2.24) is 15.1 Å². The SMILES string of the molecule is CCN(CC)CCCN(CC)C(=O)C(C)NC. The van der Waals surface area contributed by atoms with Crippen molar-refractivity contribution in [3.05, 3.63) is 0 Å². The summed E-state index contributed by atoms with van der Waals surface area (Å²) in [7, 11) is 1.83. The number of nitrogens with zero attached hydrogens (tertiary/aromatic N) is 2. The summed E-state index contributed by atoms with van der Waals surface area (Å²) < 4.78 is 0. The summed E-state index contributed by atoms with van der Waals surface area (Å²) >= 11 is 0. The molecule has 0 bridgehead atoms. The molecule has 0 aliphatic carbocycles. The van der Waals surface area contributed by atoms with Crippen LogP contribution in [-0.4, -0.2) is 61.5 Å². The van der Waals surface area contributed by atoms with Gasteiger partial charge in [-0.05, 0) is 47.0 Å². The number of carbonyl (C=O) groups excluding carboxylic acids is 1. The fourth-order valence-corrected chi connectivity index (χ4v) is 1.85. The minimum atomic E-state index is -0.0802. The first-order valence-corrected chi connectivity index (χ1v) is 6.78. The minimum absolute atomic E-state index is 0.0802. The van der Waals surface area contributed by atoms with Gasteiger partial charge >= 0.3 is 0 Å². The number of hydrogen-bond donors (Lipinski definition) is 1. The summed E-state index contributed by atoms with van der Waals surface area (Å²) in [5, 5.41) is 3.00. The Kier molecular flexibility index (Phi) is 9.09. The molecule has 0 saturated carbocycles. The maximum Gasteiger partial charge on any atom is 0.239 e. The smallest absolute Gasteiger partial charge is 0.239 e. The largest absolute Gasteiger partial charge is 0.342 e. The van der Waals surface area contributed by atoms with E-state index in [9.17, 15) is 4.79 Å². The van der Waals surface area contributed by atoms with Crippen molar-refractivity contribution in [3.63, 3.8) is 0 Å². The molecule has 4 heteroatoms. The van der Waals surface area contributed by atoms with Gasteiger partial charge in [0, 0.05) is 13.1 Å². The maximum absolute atomic E-state index is 12.0. The van der Waals surface area contributed by atoms with Gasteiger partial charge in [0.15, 0.2) is 0 Å². The number of carbonyl (C=O) groups is 1. The summed E-state index contributed by atoms with van der Waals surface area (Å²) in [6, 6.07) is -0.0802. The number of rotatable bonds is 9. The Balaban J connectivity index is 4.01. The summed E-state index contributed by atoms with van der Waals surface area (Å²) in [5.74, 6) is 0.203. The molecule has 0 fully saturated rings. The van der Waals surface area contributed by atoms with Crippen molar-refractivity contribution in [1.29, 1.82) is 0 Å². The molecule has 102 valence electrons. The first-order valence-electron chi connectivity index (χ1n) is 6.78. The molecule has 0 heterocycles. The average molecular weight is 243 g/mol. The van der Waals surface area contributed by atoms with Crippen molar-refractivity contribution < 1.29 is 4.79 Å². The van der Waals surface area contributed by atoms with E-state index in [1.807, 2.05) is 25.8 Å². The van der Waals surface area contributed by atoms with Gasteiger partial charge in [-0.25, -0.2) is 0 Å². The highest BCUT2D eigenvalue weighted by atomic mass is 16.2. The topological polar surface area (TPSA) is 35.6 Å². The van der Waals surface area contributed by atoms with Gasteiger partial charge < -0.3 is 15.1 Å². The second-order valence-electron chi connectivity index (χ2n) is 4.31. The van der Waals surface area contributed by atoms with Crippen LogP contribution in [0, 0.1) is 0 Å². The highest BCUT2D eigenvalue weighted by Crippen LogP contribution is 1.99. The summed E-state index contributed by atoms with van der Waals surface area (Å²) in [6.45, 7) is 13.2. The van der Waals surface area contributed by atoms with E-state index in [0.29, 0.717) is 0 Å². The van der Waals surface area contributed by atoms with Crippen LogP contribution >= 0.6 is 0 Å². The van der Waals surface area contributed by atoms with Crippen molar-refractivity contribution in [3.8, 4) is 0 Å². The van der Waals surface area contributed by atoms with E-state index in [1.54, 1.807) is 0 Å². The highest BCUT2D eigenvalue weighted by Gasteiger charge is 2.17. The average Bonchev–Trinajstić information content (AvgIpc) is 2.37. The third-order valence-electron chi connectivity index (χ3n) is 3.29. The first-order chi connectivity index (χ1) is 8.10. The molecule has 1 unspecified atom stereocenters. The molecule has 1 N–H and O–H groups in total. The first kappa shape index (κ1) is 16.4. The third kappa shape index (κ3) is 6.03. The zero-order valence-electron chi connectivity index (χ0n) is 12.1. The molecule has 0 spiro atoms. The Labute approximate surface area is 106 Å². The Morgan fingerprint density at radius 3 is 2.12 bits per heavy atom. The van der Waals surface area contributed by atoms with Gasteiger partial charge in [-0.1, -0.05) is 13.8 Å². The molecule has 0 aromatic rings. The summed E-state index contributed by atoms with van der Waals surface area (Å²) in [6.07, 6.45) is 1.05. The molecule has 0 rings (SSSR count). The summed E-state index contributed by atoms with van der Waals surface area (Å²) in [5.41, 5.74) is 0. The van der Waals surface area contributed by atoms with Crippen LogP contribution in [0.25, 0.3) is 0 Å². The van der Waals surface area contributed by atoms with Crippen LogP contribution in [0.1, 0.15) is 34.1 Å². The van der Waals surface area contributed by atoms with Crippen LogP contribution in [-0.2, 0) is 4.79 Å². The Bertz CT molecular complexity index is 205. The minimum Gasteiger partial charge on any atom is -0.342 e. The summed E-state index contributed by atoms with van der Waals surface area (Å²) in [4.78, 5) is 16.3. The van der Waals surface area contributed by atoms with Crippen LogP contribution in [0.15, 0.2) is 0 Å². The van der Waals surface area contributed by atoms with Gasteiger partial charge in [0.1, 0.15) is 0 Å². The van der Waals surface area contributed by atoms with Gasteiger partial charge in [0.2, 0.25) is 5.91 Å². The van der Waals surface area contributed by atoms with Crippen molar-refractivity contribution in [2.24, 2.45) is 0 Å². The van der Waals surface area contributed by atoms with Gasteiger partial charge in [0.05, 0.1) is 6.04 Å². The Hall–Kier alpha value is -0.610. The fourth-order valence-electron chi connectivity index (χ4n) is 1.85. The zero-order chi connectivity index (χ0) is 13.3. The van der Waals surface area contributed by atoms with Gasteiger partial charge in [-0.2, -0.15) is 0 Å². The van der Waals surface area contributed by atoms with Crippen LogP contribution < -0.4 is 5.32 Å². The molecule has 1 amide bonds. The van der Waals surface area contributed by atoms with Gasteiger partial charge in [0.25, 0.3) is 0 Å². The lowest BCUT2D eigenvalue weighted by Crippen LogP contribution is -2.44. The van der Waals surface area contributed by atoms with E-state index < -0.39 is 0 Å². The lowest BCUT2D eigenvalue weighted by Gasteiger charge is -2.26. The lowest BCUT2D eigenvalue weighted by molar-refractivity contribution is -0.132. The number of hydrogen-bond acceptors (Lipinski definition) is 3. The lowest BCUT2D eigenvalue weighted by atomic mass is 10.2. The molecule has 17 heavy (non-hydrogen) atoms. The molecular weight excluding hydrogens is 214 g/mol. The van der Waals surface area contributed by atoms with Crippen molar-refractivity contribution in [2.75, 3.05) is 39.8 Å². The third-order valence-corrected chi connectivity index (χ3v) is 3.29. The van der Waals surface area contributed by atoms with E-state index in [1.165, 1.54) is 0 Å². The maximum atomic E-state index is 12.0. The second kappa shape index (κ2) is 9.42. The molecule has 0 aliphatic heterocycles. The van der Waals surface area contributed by atoms with E-state index in [2.05, 4.69) is 24.1 Å². The highest BCUT2D eigenvalue weighted by molar-refractivity contribution is 5.81. The molecule has 1 atom stereocenters. The number of nitrogens with one attached hydrogen (secondary N) is 1. The quantitative estimate of drug-likeness (QED) is 0.660. The van der Waals surface area contributed by atoms with Crippen LogP contribution in [0.3, 0.4) is 0 Å². The monoisotopic (exact) mass is 243 g/mol. The molecule has 0 radical (unpaired) electrons. The molecule has 0 aliphatic rings. The normalized spacial score (nSPS) is 12.8. The van der Waals surface area contributed by atoms with Gasteiger partial charge in [-0.15, -0.1) is 0 Å². The van der Waals surface area contributed by atoms with Gasteiger partial charge in [-0.3, -0.25) is 4.79 Å². The molecule has 0 aromatic heterocycles. The number of amides is 1. The van der Waals surface area contributed by atoms with Crippen molar-refractivity contribution >= 4 is 5.91 Å². The van der Waals surface area contributed by atoms with E-state index >= 15 is 0 Å². The van der Waals surface area contributed by atoms with Crippen molar-refractivity contribution in [2.45, 2.75) is 40.2 Å². The molecule has 0 saturated heterocycles. The van der Waals surface area contributed by atoms with E-state index in [-0.39, 0.29) is 11.9 Å². The van der Waals surface area contributed by atoms with E-state index in [4.69, 9.17) is 0 Å². The standard InChI is InChI=1S/C13H29N3O/c1-6-15(7-2)10-9-11-16(8-3)13(17)12(4)14-5/h12,14H,6-11H2,1-5H3.